The Balaban J connectivity index is 2.45. The SMILES string of the molecule is N#Cc1cc(Cl)cc(Oc2c(Cl)ccc(CN)c2Cl)c1. The first-order valence-electron chi connectivity index (χ1n) is 5.60. The van der Waals surface area contributed by atoms with Crippen LogP contribution < -0.4 is 10.5 Å². The van der Waals surface area contributed by atoms with Gasteiger partial charge in [-0.3, -0.25) is 0 Å². The number of hydrogen-bond acceptors (Lipinski definition) is 3. The highest BCUT2D eigenvalue weighted by Gasteiger charge is 2.13. The third kappa shape index (κ3) is 3.17. The van der Waals surface area contributed by atoms with Crippen LogP contribution in [0.2, 0.25) is 15.1 Å². The molecular formula is C14H9Cl3N2O. The summed E-state index contributed by atoms with van der Waals surface area (Å²) >= 11 is 18.2. The molecule has 0 aliphatic carbocycles. The van der Waals surface area contributed by atoms with Gasteiger partial charge in [-0.25, -0.2) is 0 Å². The number of ether oxygens (including phenoxy) is 1. The lowest BCUT2D eigenvalue weighted by atomic mass is 10.2. The molecular weight excluding hydrogens is 319 g/mol. The minimum absolute atomic E-state index is 0.269. The van der Waals surface area contributed by atoms with Gasteiger partial charge in [0, 0.05) is 11.6 Å². The van der Waals surface area contributed by atoms with Crippen LogP contribution in [0.5, 0.6) is 11.5 Å². The fourth-order valence-corrected chi connectivity index (χ4v) is 2.38. The summed E-state index contributed by atoms with van der Waals surface area (Å²) in [6.07, 6.45) is 0. The topological polar surface area (TPSA) is 59.0 Å². The van der Waals surface area contributed by atoms with E-state index >= 15 is 0 Å². The molecule has 2 N–H and O–H groups in total. The van der Waals surface area contributed by atoms with Crippen molar-refractivity contribution < 1.29 is 4.74 Å². The molecule has 0 aromatic heterocycles. The van der Waals surface area contributed by atoms with E-state index in [0.717, 1.165) is 0 Å². The minimum Gasteiger partial charge on any atom is -0.454 e. The molecule has 6 heteroatoms. The maximum absolute atomic E-state index is 8.91. The van der Waals surface area contributed by atoms with E-state index in [1.807, 2.05) is 6.07 Å². The lowest BCUT2D eigenvalue weighted by Gasteiger charge is -2.12. The third-order valence-corrected chi connectivity index (χ3v) is 3.50. The lowest BCUT2D eigenvalue weighted by Crippen LogP contribution is -1.98. The molecule has 2 rings (SSSR count). The number of nitrogens with two attached hydrogens (primary N) is 1. The number of nitrogens with zero attached hydrogens (tertiary/aromatic N) is 1. The van der Waals surface area contributed by atoms with E-state index in [2.05, 4.69) is 0 Å². The van der Waals surface area contributed by atoms with Gasteiger partial charge in [-0.1, -0.05) is 40.9 Å². The van der Waals surface area contributed by atoms with Crippen molar-refractivity contribution in [3.8, 4) is 17.6 Å². The van der Waals surface area contributed by atoms with Crippen molar-refractivity contribution >= 4 is 34.8 Å². The molecule has 0 radical (unpaired) electrons. The predicted molar refractivity (Wildman–Crippen MR) is 80.6 cm³/mol. The van der Waals surface area contributed by atoms with Crippen LogP contribution in [-0.2, 0) is 6.54 Å². The van der Waals surface area contributed by atoms with E-state index in [1.165, 1.54) is 6.07 Å². The summed E-state index contributed by atoms with van der Waals surface area (Å²) in [5.41, 5.74) is 6.69. The summed E-state index contributed by atoms with van der Waals surface area (Å²) in [4.78, 5) is 0. The molecule has 0 unspecified atom stereocenters. The van der Waals surface area contributed by atoms with Crippen LogP contribution in [-0.4, -0.2) is 0 Å². The lowest BCUT2D eigenvalue weighted by molar-refractivity contribution is 0.482. The van der Waals surface area contributed by atoms with E-state index in [4.69, 9.17) is 50.5 Å². The Morgan fingerprint density at radius 3 is 2.55 bits per heavy atom. The van der Waals surface area contributed by atoms with Crippen LogP contribution >= 0.6 is 34.8 Å². The molecule has 102 valence electrons. The fraction of sp³-hybridized carbons (Fsp3) is 0.0714. The summed E-state index contributed by atoms with van der Waals surface area (Å²) in [7, 11) is 0. The smallest absolute Gasteiger partial charge is 0.164 e. The van der Waals surface area contributed by atoms with E-state index < -0.39 is 0 Å². The summed E-state index contributed by atoms with van der Waals surface area (Å²) in [5.74, 6) is 0.675. The van der Waals surface area contributed by atoms with Crippen molar-refractivity contribution in [1.29, 1.82) is 5.26 Å². The average molecular weight is 328 g/mol. The number of benzene rings is 2. The highest BCUT2D eigenvalue weighted by Crippen LogP contribution is 2.39. The molecule has 0 amide bonds. The summed E-state index contributed by atoms with van der Waals surface area (Å²) < 4.78 is 5.65. The molecule has 0 fully saturated rings. The van der Waals surface area contributed by atoms with E-state index in [9.17, 15) is 0 Å². The molecule has 0 heterocycles. The van der Waals surface area contributed by atoms with Crippen molar-refractivity contribution in [2.24, 2.45) is 5.73 Å². The van der Waals surface area contributed by atoms with Gasteiger partial charge >= 0.3 is 0 Å². The van der Waals surface area contributed by atoms with Crippen LogP contribution in [0.25, 0.3) is 0 Å². The first kappa shape index (κ1) is 15.0. The van der Waals surface area contributed by atoms with Gasteiger partial charge in [0.25, 0.3) is 0 Å². The molecule has 0 spiro atoms. The first-order valence-corrected chi connectivity index (χ1v) is 6.74. The van der Waals surface area contributed by atoms with Crippen LogP contribution in [0.4, 0.5) is 0 Å². The maximum Gasteiger partial charge on any atom is 0.164 e. The second kappa shape index (κ2) is 6.34. The summed E-state index contributed by atoms with van der Waals surface area (Å²) in [5, 5.41) is 10.00. The Labute approximate surface area is 131 Å². The monoisotopic (exact) mass is 326 g/mol. The van der Waals surface area contributed by atoms with Crippen molar-refractivity contribution in [2.45, 2.75) is 6.54 Å². The number of rotatable bonds is 3. The molecule has 2 aromatic rings. The number of nitriles is 1. The zero-order valence-electron chi connectivity index (χ0n) is 10.2. The minimum atomic E-state index is 0.269. The molecule has 3 nitrogen and oxygen atoms in total. The summed E-state index contributed by atoms with van der Waals surface area (Å²) in [6.45, 7) is 0.269. The molecule has 0 bridgehead atoms. The van der Waals surface area contributed by atoms with Gasteiger partial charge in [0.15, 0.2) is 5.75 Å². The van der Waals surface area contributed by atoms with Crippen molar-refractivity contribution in [3.63, 3.8) is 0 Å². The number of hydrogen-bond donors (Lipinski definition) is 1. The molecule has 0 aliphatic heterocycles. The van der Waals surface area contributed by atoms with Gasteiger partial charge in [0.2, 0.25) is 0 Å². The Hall–Kier alpha value is -1.44. The molecule has 20 heavy (non-hydrogen) atoms. The second-order valence-corrected chi connectivity index (χ2v) is 5.16. The highest BCUT2D eigenvalue weighted by atomic mass is 35.5. The van der Waals surface area contributed by atoms with Gasteiger partial charge < -0.3 is 10.5 Å². The van der Waals surface area contributed by atoms with Gasteiger partial charge in [-0.15, -0.1) is 0 Å². The molecule has 0 saturated carbocycles. The van der Waals surface area contributed by atoms with Gasteiger partial charge in [-0.05, 0) is 29.8 Å². The zero-order chi connectivity index (χ0) is 14.7. The number of halogens is 3. The fourth-order valence-electron chi connectivity index (χ4n) is 1.63. The maximum atomic E-state index is 8.91. The van der Waals surface area contributed by atoms with Gasteiger partial charge in [-0.2, -0.15) is 5.26 Å². The zero-order valence-corrected chi connectivity index (χ0v) is 12.4. The standard InChI is InChI=1S/C14H9Cl3N2O/c15-10-3-8(6-18)4-11(5-10)20-14-12(16)2-1-9(7-19)13(14)17/h1-5H,7,19H2. The van der Waals surface area contributed by atoms with Crippen LogP contribution in [0.3, 0.4) is 0 Å². The van der Waals surface area contributed by atoms with Crippen molar-refractivity contribution in [1.82, 2.24) is 0 Å². The van der Waals surface area contributed by atoms with E-state index in [1.54, 1.807) is 24.3 Å². The van der Waals surface area contributed by atoms with E-state index in [0.29, 0.717) is 37.7 Å². The third-order valence-electron chi connectivity index (χ3n) is 2.57. The van der Waals surface area contributed by atoms with Gasteiger partial charge in [0.05, 0.1) is 21.7 Å². The Morgan fingerprint density at radius 2 is 1.90 bits per heavy atom. The quantitative estimate of drug-likeness (QED) is 0.883. The van der Waals surface area contributed by atoms with Gasteiger partial charge in [0.1, 0.15) is 5.75 Å². The Bertz CT molecular complexity index is 696. The molecule has 0 aliphatic rings. The molecule has 2 aromatic carbocycles. The largest absolute Gasteiger partial charge is 0.454 e. The van der Waals surface area contributed by atoms with Crippen molar-refractivity contribution in [3.05, 3.63) is 56.5 Å². The van der Waals surface area contributed by atoms with Crippen LogP contribution in [0.1, 0.15) is 11.1 Å². The Morgan fingerprint density at radius 1 is 1.15 bits per heavy atom. The van der Waals surface area contributed by atoms with Crippen LogP contribution in [0.15, 0.2) is 30.3 Å². The normalized spacial score (nSPS) is 10.2. The summed E-state index contributed by atoms with van der Waals surface area (Å²) in [6, 6.07) is 10.0. The van der Waals surface area contributed by atoms with Crippen molar-refractivity contribution in [2.75, 3.05) is 0 Å². The second-order valence-electron chi connectivity index (χ2n) is 3.94. The average Bonchev–Trinajstić information content (AvgIpc) is 2.43. The predicted octanol–water partition coefficient (Wildman–Crippen LogP) is 4.77. The highest BCUT2D eigenvalue weighted by molar-refractivity contribution is 6.37. The molecule has 0 saturated heterocycles. The first-order chi connectivity index (χ1) is 9.55. The van der Waals surface area contributed by atoms with E-state index in [-0.39, 0.29) is 6.54 Å². The van der Waals surface area contributed by atoms with Crippen LogP contribution in [0, 0.1) is 11.3 Å². The molecule has 0 atom stereocenters. The Kier molecular flexibility index (Phi) is 4.74.